The second-order valence-electron chi connectivity index (χ2n) is 7.98. The van der Waals surface area contributed by atoms with Gasteiger partial charge in [-0.25, -0.2) is 0 Å². The highest BCUT2D eigenvalue weighted by molar-refractivity contribution is 6.06. The van der Waals surface area contributed by atoms with Crippen molar-refractivity contribution in [2.24, 2.45) is 0 Å². The van der Waals surface area contributed by atoms with Crippen LogP contribution in [0, 0.1) is 0 Å². The number of hydrogen-bond donors (Lipinski definition) is 1. The first kappa shape index (κ1) is 19.5. The number of hydrogen-bond acceptors (Lipinski definition) is 3. The van der Waals surface area contributed by atoms with Crippen LogP contribution in [0.3, 0.4) is 0 Å². The van der Waals surface area contributed by atoms with Crippen LogP contribution in [0.15, 0.2) is 48.5 Å². The maximum Gasteiger partial charge on any atom is 0.255 e. The molecule has 5 heteroatoms. The molecule has 2 aliphatic rings. The molecule has 2 aliphatic heterocycles. The van der Waals surface area contributed by atoms with E-state index in [0.29, 0.717) is 11.1 Å². The number of piperidine rings is 2. The quantitative estimate of drug-likeness (QED) is 0.832. The minimum atomic E-state index is -0.191. The molecule has 0 saturated carbocycles. The Kier molecular flexibility index (Phi) is 6.13. The Morgan fingerprint density at radius 2 is 1.34 bits per heavy atom. The molecule has 152 valence electrons. The molecule has 0 aromatic heterocycles. The average molecular weight is 392 g/mol. The zero-order chi connectivity index (χ0) is 20.1. The molecule has 2 aromatic carbocycles. The smallest absolute Gasteiger partial charge is 0.255 e. The van der Waals surface area contributed by atoms with E-state index in [1.165, 1.54) is 31.4 Å². The van der Waals surface area contributed by atoms with Gasteiger partial charge in [0.05, 0.1) is 0 Å². The van der Waals surface area contributed by atoms with Crippen molar-refractivity contribution >= 4 is 23.2 Å². The van der Waals surface area contributed by atoms with Gasteiger partial charge in [-0.05, 0) is 81.0 Å². The molecule has 4 rings (SSSR count). The van der Waals surface area contributed by atoms with Gasteiger partial charge in [-0.3, -0.25) is 9.59 Å². The fraction of sp³-hybridized carbons (Fsp3) is 0.417. The Morgan fingerprint density at radius 3 is 2.03 bits per heavy atom. The Morgan fingerprint density at radius 1 is 0.724 bits per heavy atom. The first-order chi connectivity index (χ1) is 14.2. The largest absolute Gasteiger partial charge is 0.372 e. The number of nitrogens with zero attached hydrogens (tertiary/aromatic N) is 2. The summed E-state index contributed by atoms with van der Waals surface area (Å²) in [5.74, 6) is -0.172. The van der Waals surface area contributed by atoms with Gasteiger partial charge in [-0.15, -0.1) is 0 Å². The molecule has 0 unspecified atom stereocenters. The van der Waals surface area contributed by atoms with Crippen LogP contribution in [-0.2, 0) is 0 Å². The monoisotopic (exact) mass is 391 g/mol. The van der Waals surface area contributed by atoms with Crippen molar-refractivity contribution in [3.63, 3.8) is 0 Å². The van der Waals surface area contributed by atoms with Gasteiger partial charge in [0.15, 0.2) is 0 Å². The van der Waals surface area contributed by atoms with Crippen molar-refractivity contribution in [3.8, 4) is 0 Å². The maximum absolute atomic E-state index is 12.7. The Balaban J connectivity index is 1.41. The predicted octanol–water partition coefficient (Wildman–Crippen LogP) is 4.56. The van der Waals surface area contributed by atoms with E-state index in [-0.39, 0.29) is 11.8 Å². The van der Waals surface area contributed by atoms with Crippen molar-refractivity contribution in [1.29, 1.82) is 0 Å². The van der Waals surface area contributed by atoms with E-state index in [1.54, 1.807) is 24.3 Å². The highest BCUT2D eigenvalue weighted by Gasteiger charge is 2.19. The lowest BCUT2D eigenvalue weighted by molar-refractivity contribution is 0.0724. The van der Waals surface area contributed by atoms with E-state index in [1.807, 2.05) is 17.0 Å². The van der Waals surface area contributed by atoms with Crippen LogP contribution < -0.4 is 10.2 Å². The number of amides is 2. The second kappa shape index (κ2) is 9.12. The lowest BCUT2D eigenvalue weighted by atomic mass is 10.1. The standard InChI is InChI=1S/C24H29N3O2/c28-23(25-21-10-12-22(13-11-21)26-14-3-1-4-15-26)19-8-7-9-20(18-19)24(29)27-16-5-2-6-17-27/h7-13,18H,1-6,14-17H2,(H,25,28). The van der Waals surface area contributed by atoms with Crippen LogP contribution in [0.4, 0.5) is 11.4 Å². The van der Waals surface area contributed by atoms with Gasteiger partial charge in [-0.2, -0.15) is 0 Å². The number of carbonyl (C=O) groups is 2. The summed E-state index contributed by atoms with van der Waals surface area (Å²) in [4.78, 5) is 29.7. The summed E-state index contributed by atoms with van der Waals surface area (Å²) in [6.45, 7) is 3.81. The van der Waals surface area contributed by atoms with Gasteiger partial charge in [-0.1, -0.05) is 6.07 Å². The van der Waals surface area contributed by atoms with Gasteiger partial charge >= 0.3 is 0 Å². The Hall–Kier alpha value is -2.82. The van der Waals surface area contributed by atoms with Gasteiger partial charge < -0.3 is 15.1 Å². The summed E-state index contributed by atoms with van der Waals surface area (Å²) in [6, 6.07) is 15.1. The van der Waals surface area contributed by atoms with Gasteiger partial charge in [0.25, 0.3) is 11.8 Å². The van der Waals surface area contributed by atoms with Crippen LogP contribution in [0.1, 0.15) is 59.2 Å². The van der Waals surface area contributed by atoms with Crippen LogP contribution >= 0.6 is 0 Å². The number of anilines is 2. The fourth-order valence-electron chi connectivity index (χ4n) is 4.18. The molecule has 0 bridgehead atoms. The highest BCUT2D eigenvalue weighted by atomic mass is 16.2. The van der Waals surface area contributed by atoms with E-state index < -0.39 is 0 Å². The maximum atomic E-state index is 12.7. The van der Waals surface area contributed by atoms with Gasteiger partial charge in [0, 0.05) is 48.7 Å². The summed E-state index contributed by atoms with van der Waals surface area (Å²) < 4.78 is 0. The molecule has 2 fully saturated rings. The summed E-state index contributed by atoms with van der Waals surface area (Å²) in [5, 5.41) is 2.95. The average Bonchev–Trinajstić information content (AvgIpc) is 2.80. The highest BCUT2D eigenvalue weighted by Crippen LogP contribution is 2.22. The van der Waals surface area contributed by atoms with Gasteiger partial charge in [0.2, 0.25) is 0 Å². The number of likely N-dealkylation sites (tertiary alicyclic amines) is 1. The SMILES string of the molecule is O=C(Nc1ccc(N2CCCCC2)cc1)c1cccc(C(=O)N2CCCCC2)c1. The topological polar surface area (TPSA) is 52.7 Å². The third kappa shape index (κ3) is 4.78. The molecule has 0 spiro atoms. The summed E-state index contributed by atoms with van der Waals surface area (Å²) in [6.07, 6.45) is 7.08. The minimum absolute atomic E-state index is 0.0187. The lowest BCUT2D eigenvalue weighted by Crippen LogP contribution is -2.35. The summed E-state index contributed by atoms with van der Waals surface area (Å²) in [7, 11) is 0. The third-order valence-corrected chi connectivity index (χ3v) is 5.86. The van der Waals surface area contributed by atoms with Crippen molar-refractivity contribution in [2.75, 3.05) is 36.4 Å². The molecule has 0 radical (unpaired) electrons. The first-order valence-electron chi connectivity index (χ1n) is 10.8. The Bertz CT molecular complexity index is 851. The number of rotatable bonds is 4. The Labute approximate surface area is 172 Å². The van der Waals surface area contributed by atoms with Crippen molar-refractivity contribution in [2.45, 2.75) is 38.5 Å². The van der Waals surface area contributed by atoms with Crippen LogP contribution in [0.25, 0.3) is 0 Å². The molecule has 29 heavy (non-hydrogen) atoms. The zero-order valence-corrected chi connectivity index (χ0v) is 16.9. The summed E-state index contributed by atoms with van der Waals surface area (Å²) in [5.41, 5.74) is 3.06. The molecule has 5 nitrogen and oxygen atoms in total. The van der Waals surface area contributed by atoms with Gasteiger partial charge in [0.1, 0.15) is 0 Å². The first-order valence-corrected chi connectivity index (χ1v) is 10.8. The third-order valence-electron chi connectivity index (χ3n) is 5.86. The van der Waals surface area contributed by atoms with Crippen molar-refractivity contribution in [3.05, 3.63) is 59.7 Å². The minimum Gasteiger partial charge on any atom is -0.372 e. The van der Waals surface area contributed by atoms with Crippen molar-refractivity contribution in [1.82, 2.24) is 4.90 Å². The molecule has 2 amide bonds. The normalized spacial score (nSPS) is 17.1. The lowest BCUT2D eigenvalue weighted by Gasteiger charge is -2.28. The molecule has 2 saturated heterocycles. The van der Waals surface area contributed by atoms with Crippen molar-refractivity contribution < 1.29 is 9.59 Å². The summed E-state index contributed by atoms with van der Waals surface area (Å²) >= 11 is 0. The molecule has 1 N–H and O–H groups in total. The van der Waals surface area contributed by atoms with E-state index >= 15 is 0 Å². The van der Waals surface area contributed by atoms with Crippen LogP contribution in [0.2, 0.25) is 0 Å². The van der Waals surface area contributed by atoms with E-state index in [2.05, 4.69) is 22.3 Å². The fourth-order valence-corrected chi connectivity index (χ4v) is 4.18. The second-order valence-corrected chi connectivity index (χ2v) is 7.98. The molecular formula is C24H29N3O2. The predicted molar refractivity (Wildman–Crippen MR) is 117 cm³/mol. The molecule has 0 aliphatic carbocycles. The molecule has 2 aromatic rings. The van der Waals surface area contributed by atoms with E-state index in [9.17, 15) is 9.59 Å². The molecule has 2 heterocycles. The van der Waals surface area contributed by atoms with Crippen LogP contribution in [-0.4, -0.2) is 42.9 Å². The number of benzene rings is 2. The van der Waals surface area contributed by atoms with E-state index in [4.69, 9.17) is 0 Å². The van der Waals surface area contributed by atoms with Crippen LogP contribution in [0.5, 0.6) is 0 Å². The number of nitrogens with one attached hydrogen (secondary N) is 1. The molecular weight excluding hydrogens is 362 g/mol. The molecule has 0 atom stereocenters. The number of carbonyl (C=O) groups excluding carboxylic acids is 2. The zero-order valence-electron chi connectivity index (χ0n) is 16.9. The van der Waals surface area contributed by atoms with E-state index in [0.717, 1.165) is 44.7 Å².